The first-order valence-electron chi connectivity index (χ1n) is 6.86. The minimum absolute atomic E-state index is 0.120. The first-order valence-corrected chi connectivity index (χ1v) is 8.35. The van der Waals surface area contributed by atoms with Crippen molar-refractivity contribution in [1.82, 2.24) is 5.32 Å². The largest absolute Gasteiger partial charge is 0.352 e. The highest BCUT2D eigenvalue weighted by Crippen LogP contribution is 2.48. The molecule has 0 bridgehead atoms. The molecule has 2 aliphatic rings. The van der Waals surface area contributed by atoms with Crippen LogP contribution in [0.2, 0.25) is 0 Å². The van der Waals surface area contributed by atoms with E-state index >= 15 is 0 Å². The third kappa shape index (κ3) is 2.73. The van der Waals surface area contributed by atoms with Gasteiger partial charge in [0.2, 0.25) is 5.91 Å². The van der Waals surface area contributed by atoms with Crippen molar-refractivity contribution in [2.45, 2.75) is 31.7 Å². The highest BCUT2D eigenvalue weighted by atomic mass is 32.2. The number of carbonyl (C=O) groups excluding carboxylic acids is 1. The van der Waals surface area contributed by atoms with Crippen molar-refractivity contribution in [3.8, 4) is 0 Å². The highest BCUT2D eigenvalue weighted by Gasteiger charge is 2.45. The summed E-state index contributed by atoms with van der Waals surface area (Å²) in [5.74, 6) is 2.02. The Balaban J connectivity index is 1.59. The molecule has 0 spiro atoms. The number of amides is 1. The van der Waals surface area contributed by atoms with Crippen molar-refractivity contribution in [3.63, 3.8) is 0 Å². The number of benzene rings is 1. The Labute approximate surface area is 116 Å². The number of aryl methyl sites for hydroxylation is 1. The summed E-state index contributed by atoms with van der Waals surface area (Å²) in [6, 6.07) is 8.42. The average molecular weight is 277 g/mol. The summed E-state index contributed by atoms with van der Waals surface area (Å²) in [6.45, 7) is 2.10. The molecule has 4 unspecified atom stereocenters. The van der Waals surface area contributed by atoms with Crippen molar-refractivity contribution in [2.24, 2.45) is 5.92 Å². The molecule has 1 heterocycles. The maximum atomic E-state index is 12.2. The molecule has 19 heavy (non-hydrogen) atoms. The number of nitrogens with one attached hydrogen (secondary N) is 1. The van der Waals surface area contributed by atoms with E-state index in [1.54, 1.807) is 0 Å². The fraction of sp³-hybridized carbons (Fsp3) is 0.533. The Bertz CT molecular complexity index is 529. The lowest BCUT2D eigenvalue weighted by Gasteiger charge is -2.11. The maximum Gasteiger partial charge on any atom is 0.223 e. The number of hydrogen-bond donors (Lipinski definition) is 1. The molecule has 4 heteroatoms. The zero-order chi connectivity index (χ0) is 13.4. The predicted octanol–water partition coefficient (Wildman–Crippen LogP) is 1.74. The quantitative estimate of drug-likeness (QED) is 0.914. The van der Waals surface area contributed by atoms with Crippen LogP contribution in [0.15, 0.2) is 24.3 Å². The summed E-state index contributed by atoms with van der Waals surface area (Å²) in [7, 11) is -0.725. The third-order valence-corrected chi connectivity index (χ3v) is 5.61. The van der Waals surface area contributed by atoms with Gasteiger partial charge in [0.25, 0.3) is 0 Å². The van der Waals surface area contributed by atoms with Gasteiger partial charge in [-0.1, -0.05) is 24.3 Å². The standard InChI is InChI=1S/C15H19NO2S/c1-10-4-2-3-5-12(10)13-8-14(13)15(17)16-11-6-7-19(18)9-11/h2-5,11,13-14H,6-9H2,1H3,(H,16,17). The van der Waals surface area contributed by atoms with Gasteiger partial charge in [-0.3, -0.25) is 9.00 Å². The Kier molecular flexibility index (Phi) is 3.44. The van der Waals surface area contributed by atoms with Crippen molar-refractivity contribution in [2.75, 3.05) is 11.5 Å². The van der Waals surface area contributed by atoms with E-state index in [9.17, 15) is 9.00 Å². The average Bonchev–Trinajstić information content (AvgIpc) is 3.08. The first kappa shape index (κ1) is 12.9. The molecule has 1 aromatic rings. The van der Waals surface area contributed by atoms with E-state index < -0.39 is 10.8 Å². The third-order valence-electron chi connectivity index (χ3n) is 4.14. The highest BCUT2D eigenvalue weighted by molar-refractivity contribution is 7.85. The zero-order valence-corrected chi connectivity index (χ0v) is 11.9. The van der Waals surface area contributed by atoms with Crippen LogP contribution in [-0.4, -0.2) is 27.7 Å². The van der Waals surface area contributed by atoms with Gasteiger partial charge in [0, 0.05) is 34.3 Å². The van der Waals surface area contributed by atoms with Crippen LogP contribution in [0.1, 0.15) is 29.9 Å². The van der Waals surface area contributed by atoms with E-state index in [0.717, 1.165) is 18.6 Å². The van der Waals surface area contributed by atoms with E-state index in [1.807, 2.05) is 12.1 Å². The number of rotatable bonds is 3. The van der Waals surface area contributed by atoms with E-state index in [0.29, 0.717) is 11.7 Å². The monoisotopic (exact) mass is 277 g/mol. The van der Waals surface area contributed by atoms with Gasteiger partial charge in [-0.15, -0.1) is 0 Å². The Hall–Kier alpha value is -1.16. The second-order valence-electron chi connectivity index (χ2n) is 5.61. The van der Waals surface area contributed by atoms with Crippen LogP contribution >= 0.6 is 0 Å². The molecule has 3 rings (SSSR count). The minimum atomic E-state index is -0.725. The van der Waals surface area contributed by atoms with Gasteiger partial charge in [-0.2, -0.15) is 0 Å². The van der Waals surface area contributed by atoms with E-state index in [2.05, 4.69) is 24.4 Å². The van der Waals surface area contributed by atoms with E-state index in [4.69, 9.17) is 0 Å². The van der Waals surface area contributed by atoms with Crippen LogP contribution in [0.25, 0.3) is 0 Å². The van der Waals surface area contributed by atoms with Gasteiger partial charge in [0.15, 0.2) is 0 Å². The van der Waals surface area contributed by atoms with E-state index in [1.165, 1.54) is 11.1 Å². The number of carbonyl (C=O) groups is 1. The molecule has 1 aliphatic heterocycles. The molecule has 1 aromatic carbocycles. The van der Waals surface area contributed by atoms with Crippen molar-refractivity contribution in [3.05, 3.63) is 35.4 Å². The predicted molar refractivity (Wildman–Crippen MR) is 76.5 cm³/mol. The molecule has 1 aliphatic carbocycles. The molecular formula is C15H19NO2S. The molecule has 2 fully saturated rings. The maximum absolute atomic E-state index is 12.2. The summed E-state index contributed by atoms with van der Waals surface area (Å²) in [4.78, 5) is 12.2. The van der Waals surface area contributed by atoms with Crippen molar-refractivity contribution >= 4 is 16.7 Å². The normalized spacial score (nSPS) is 33.1. The number of hydrogen-bond acceptors (Lipinski definition) is 2. The van der Waals surface area contributed by atoms with Gasteiger partial charge in [0.1, 0.15) is 0 Å². The van der Waals surface area contributed by atoms with Crippen molar-refractivity contribution < 1.29 is 9.00 Å². The van der Waals surface area contributed by atoms with Crippen LogP contribution in [0.5, 0.6) is 0 Å². The van der Waals surface area contributed by atoms with Gasteiger partial charge in [0.05, 0.1) is 0 Å². The lowest BCUT2D eigenvalue weighted by molar-refractivity contribution is -0.122. The molecule has 1 amide bonds. The molecule has 4 atom stereocenters. The van der Waals surface area contributed by atoms with Crippen LogP contribution in [0, 0.1) is 12.8 Å². The summed E-state index contributed by atoms with van der Waals surface area (Å²) >= 11 is 0. The van der Waals surface area contributed by atoms with Crippen LogP contribution in [-0.2, 0) is 15.6 Å². The van der Waals surface area contributed by atoms with Gasteiger partial charge >= 0.3 is 0 Å². The van der Waals surface area contributed by atoms with Crippen LogP contribution in [0.4, 0.5) is 0 Å². The summed E-state index contributed by atoms with van der Waals surface area (Å²) in [5, 5.41) is 3.06. The van der Waals surface area contributed by atoms with E-state index in [-0.39, 0.29) is 17.9 Å². The lowest BCUT2D eigenvalue weighted by atomic mass is 10.0. The Morgan fingerprint density at radius 2 is 2.16 bits per heavy atom. The summed E-state index contributed by atoms with van der Waals surface area (Å²) in [5.41, 5.74) is 2.57. The fourth-order valence-corrected chi connectivity index (χ4v) is 4.33. The zero-order valence-electron chi connectivity index (χ0n) is 11.1. The SMILES string of the molecule is Cc1ccccc1C1CC1C(=O)NC1CCS(=O)C1. The first-order chi connectivity index (χ1) is 9.15. The van der Waals surface area contributed by atoms with Gasteiger partial charge in [-0.05, 0) is 36.8 Å². The molecule has 1 N–H and O–H groups in total. The summed E-state index contributed by atoms with van der Waals surface area (Å²) in [6.07, 6.45) is 1.81. The van der Waals surface area contributed by atoms with Crippen LogP contribution in [0.3, 0.4) is 0 Å². The molecular weight excluding hydrogens is 258 g/mol. The molecule has 102 valence electrons. The second kappa shape index (κ2) is 5.08. The fourth-order valence-electron chi connectivity index (χ4n) is 2.92. The Morgan fingerprint density at radius 1 is 1.37 bits per heavy atom. The minimum Gasteiger partial charge on any atom is -0.352 e. The Morgan fingerprint density at radius 3 is 2.84 bits per heavy atom. The lowest BCUT2D eigenvalue weighted by Crippen LogP contribution is -2.36. The molecule has 0 aromatic heterocycles. The molecule has 1 saturated heterocycles. The molecule has 1 saturated carbocycles. The van der Waals surface area contributed by atoms with Gasteiger partial charge in [-0.25, -0.2) is 0 Å². The second-order valence-corrected chi connectivity index (χ2v) is 7.23. The molecule has 3 nitrogen and oxygen atoms in total. The van der Waals surface area contributed by atoms with Crippen molar-refractivity contribution in [1.29, 1.82) is 0 Å². The topological polar surface area (TPSA) is 46.2 Å². The smallest absolute Gasteiger partial charge is 0.223 e. The summed E-state index contributed by atoms with van der Waals surface area (Å²) < 4.78 is 11.3. The van der Waals surface area contributed by atoms with Gasteiger partial charge < -0.3 is 5.32 Å². The van der Waals surface area contributed by atoms with Crippen LogP contribution < -0.4 is 5.32 Å². The molecule has 0 radical (unpaired) electrons.